The summed E-state index contributed by atoms with van der Waals surface area (Å²) >= 11 is 8.94. The maximum atomic E-state index is 14.2. The third-order valence-electron chi connectivity index (χ3n) is 3.24. The lowest BCUT2D eigenvalue weighted by atomic mass is 10.0. The second-order valence-electron chi connectivity index (χ2n) is 4.77. The van der Waals surface area contributed by atoms with Crippen molar-refractivity contribution in [1.82, 2.24) is 0 Å². The molecule has 0 aliphatic carbocycles. The molecule has 5 nitrogen and oxygen atoms in total. The first-order valence-electron chi connectivity index (χ1n) is 6.62. The van der Waals surface area contributed by atoms with Crippen LogP contribution < -0.4 is 5.32 Å². The summed E-state index contributed by atoms with van der Waals surface area (Å²) in [5, 5.41) is 14.0. The highest BCUT2D eigenvalue weighted by Gasteiger charge is 2.24. The Morgan fingerprint density at radius 3 is 2.67 bits per heavy atom. The van der Waals surface area contributed by atoms with Gasteiger partial charge in [-0.15, -0.1) is 0 Å². The van der Waals surface area contributed by atoms with E-state index in [-0.39, 0.29) is 32.9 Å². The minimum absolute atomic E-state index is 0.00471. The summed E-state index contributed by atoms with van der Waals surface area (Å²) < 4.78 is 27.9. The molecule has 1 atom stereocenters. The monoisotopic (exact) mass is 418 g/mol. The summed E-state index contributed by atoms with van der Waals surface area (Å²) in [6.07, 6.45) is 0.271. The molecule has 0 unspecified atom stereocenters. The molecular formula is C15H10BrClF2N2O3. The highest BCUT2D eigenvalue weighted by Crippen LogP contribution is 2.35. The second kappa shape index (κ2) is 7.67. The SMILES string of the molecule is O=CC[C@@H](Nc1cc(Cl)ccc1[N+](=O)[O-])c1c(Br)ccc(F)c1F. The molecule has 0 bridgehead atoms. The van der Waals surface area contributed by atoms with Gasteiger partial charge in [0.15, 0.2) is 11.6 Å². The Bertz CT molecular complexity index is 805. The summed E-state index contributed by atoms with van der Waals surface area (Å²) in [6.45, 7) is 0. The van der Waals surface area contributed by atoms with Crippen molar-refractivity contribution < 1.29 is 18.5 Å². The van der Waals surface area contributed by atoms with E-state index in [4.69, 9.17) is 11.6 Å². The Morgan fingerprint density at radius 1 is 1.33 bits per heavy atom. The van der Waals surface area contributed by atoms with E-state index in [1.54, 1.807) is 0 Å². The molecule has 0 spiro atoms. The molecule has 0 fully saturated rings. The van der Waals surface area contributed by atoms with Crippen LogP contribution in [0.2, 0.25) is 5.02 Å². The van der Waals surface area contributed by atoms with E-state index in [2.05, 4.69) is 21.2 Å². The molecule has 9 heteroatoms. The van der Waals surface area contributed by atoms with Gasteiger partial charge in [0, 0.05) is 27.5 Å². The second-order valence-corrected chi connectivity index (χ2v) is 6.07. The highest BCUT2D eigenvalue weighted by molar-refractivity contribution is 9.10. The molecule has 2 aromatic rings. The van der Waals surface area contributed by atoms with Crippen LogP contribution in [0, 0.1) is 21.7 Å². The minimum Gasteiger partial charge on any atom is -0.372 e. The third kappa shape index (κ3) is 3.88. The van der Waals surface area contributed by atoms with Crippen LogP contribution in [0.5, 0.6) is 0 Å². The van der Waals surface area contributed by atoms with Gasteiger partial charge in [-0.1, -0.05) is 27.5 Å². The number of nitro groups is 1. The Morgan fingerprint density at radius 2 is 2.04 bits per heavy atom. The van der Waals surface area contributed by atoms with Crippen molar-refractivity contribution in [2.75, 3.05) is 5.32 Å². The van der Waals surface area contributed by atoms with Crippen molar-refractivity contribution >= 4 is 45.2 Å². The number of rotatable bonds is 6. The van der Waals surface area contributed by atoms with Crippen molar-refractivity contribution in [2.45, 2.75) is 12.5 Å². The molecule has 24 heavy (non-hydrogen) atoms. The van der Waals surface area contributed by atoms with E-state index in [0.717, 1.165) is 6.07 Å². The van der Waals surface area contributed by atoms with Crippen LogP contribution >= 0.6 is 27.5 Å². The van der Waals surface area contributed by atoms with E-state index in [1.165, 1.54) is 24.3 Å². The predicted octanol–water partition coefficient (Wildman–Crippen LogP) is 5.03. The fourth-order valence-corrected chi connectivity index (χ4v) is 2.93. The molecule has 0 aliphatic rings. The molecule has 0 amide bonds. The van der Waals surface area contributed by atoms with Crippen molar-refractivity contribution in [2.24, 2.45) is 0 Å². The normalized spacial score (nSPS) is 11.8. The Labute approximate surface area is 148 Å². The number of hydrogen-bond acceptors (Lipinski definition) is 4. The molecule has 0 saturated carbocycles. The smallest absolute Gasteiger partial charge is 0.292 e. The summed E-state index contributed by atoms with van der Waals surface area (Å²) in [6, 6.07) is 4.99. The number of benzene rings is 2. The average molecular weight is 420 g/mol. The number of anilines is 1. The molecule has 0 heterocycles. The van der Waals surface area contributed by atoms with Crippen LogP contribution in [0.25, 0.3) is 0 Å². The van der Waals surface area contributed by atoms with Gasteiger partial charge < -0.3 is 10.1 Å². The van der Waals surface area contributed by atoms with Gasteiger partial charge in [-0.25, -0.2) is 8.78 Å². The van der Waals surface area contributed by atoms with Gasteiger partial charge in [0.05, 0.1) is 11.0 Å². The number of carbonyl (C=O) groups is 1. The maximum Gasteiger partial charge on any atom is 0.292 e. The number of nitrogens with zero attached hydrogens (tertiary/aromatic N) is 1. The average Bonchev–Trinajstić information content (AvgIpc) is 2.51. The molecule has 126 valence electrons. The largest absolute Gasteiger partial charge is 0.372 e. The molecule has 1 N–H and O–H groups in total. The van der Waals surface area contributed by atoms with Gasteiger partial charge in [-0.3, -0.25) is 10.1 Å². The molecule has 2 rings (SSSR count). The molecule has 0 aromatic heterocycles. The molecule has 0 saturated heterocycles. The zero-order valence-corrected chi connectivity index (χ0v) is 14.3. The van der Waals surface area contributed by atoms with Crippen LogP contribution in [-0.2, 0) is 4.79 Å². The summed E-state index contributed by atoms with van der Waals surface area (Å²) in [5.41, 5.74) is -0.450. The number of halogens is 4. The van der Waals surface area contributed by atoms with Crippen molar-refractivity contribution in [3.8, 4) is 0 Å². The van der Waals surface area contributed by atoms with Crippen LogP contribution in [-0.4, -0.2) is 11.2 Å². The molecule has 0 aliphatic heterocycles. The van der Waals surface area contributed by atoms with Crippen LogP contribution in [0.1, 0.15) is 18.0 Å². The number of carbonyl (C=O) groups excluding carboxylic acids is 1. The number of aldehydes is 1. The first-order valence-corrected chi connectivity index (χ1v) is 7.79. The van der Waals surface area contributed by atoms with Crippen LogP contribution in [0.3, 0.4) is 0 Å². The van der Waals surface area contributed by atoms with Gasteiger partial charge in [-0.05, 0) is 24.3 Å². The van der Waals surface area contributed by atoms with Crippen LogP contribution in [0.4, 0.5) is 20.2 Å². The standard InChI is InChI=1S/C15H10BrClF2N2O3/c16-9-2-3-10(18)15(19)14(9)11(5-6-22)20-12-7-8(17)1-4-13(12)21(23)24/h1-4,6-7,11,20H,5H2/t11-/m1/s1. The van der Waals surface area contributed by atoms with Gasteiger partial charge in [-0.2, -0.15) is 0 Å². The van der Waals surface area contributed by atoms with E-state index in [1.807, 2.05) is 0 Å². The fraction of sp³-hybridized carbons (Fsp3) is 0.133. The van der Waals surface area contributed by atoms with Gasteiger partial charge in [0.25, 0.3) is 5.69 Å². The fourth-order valence-electron chi connectivity index (χ4n) is 2.18. The van der Waals surface area contributed by atoms with Gasteiger partial charge in [0.2, 0.25) is 0 Å². The highest BCUT2D eigenvalue weighted by atomic mass is 79.9. The minimum atomic E-state index is -1.14. The zero-order chi connectivity index (χ0) is 17.9. The van der Waals surface area contributed by atoms with Gasteiger partial charge in [0.1, 0.15) is 12.0 Å². The Kier molecular flexibility index (Phi) is 5.84. The predicted molar refractivity (Wildman–Crippen MR) is 89.2 cm³/mol. The summed E-state index contributed by atoms with van der Waals surface area (Å²) in [4.78, 5) is 21.4. The lowest BCUT2D eigenvalue weighted by Crippen LogP contribution is -2.15. The van der Waals surface area contributed by atoms with E-state index in [0.29, 0.717) is 6.29 Å². The third-order valence-corrected chi connectivity index (χ3v) is 4.17. The van der Waals surface area contributed by atoms with Crippen molar-refractivity contribution in [3.63, 3.8) is 0 Å². The number of hydrogen-bond donors (Lipinski definition) is 1. The Hall–Kier alpha value is -2.06. The number of nitro benzene ring substituents is 1. The van der Waals surface area contributed by atoms with Crippen molar-refractivity contribution in [1.29, 1.82) is 0 Å². The van der Waals surface area contributed by atoms with Gasteiger partial charge >= 0.3 is 0 Å². The Balaban J connectivity index is 2.52. The molecular weight excluding hydrogens is 410 g/mol. The van der Waals surface area contributed by atoms with Crippen molar-refractivity contribution in [3.05, 3.63) is 67.1 Å². The summed E-state index contributed by atoms with van der Waals surface area (Å²) in [7, 11) is 0. The van der Waals surface area contributed by atoms with E-state index < -0.39 is 22.6 Å². The summed E-state index contributed by atoms with van der Waals surface area (Å²) in [5.74, 6) is -2.24. The molecule has 2 aromatic carbocycles. The van der Waals surface area contributed by atoms with E-state index >= 15 is 0 Å². The molecule has 0 radical (unpaired) electrons. The quantitative estimate of drug-likeness (QED) is 0.308. The first-order chi connectivity index (χ1) is 11.3. The maximum absolute atomic E-state index is 14.2. The van der Waals surface area contributed by atoms with E-state index in [9.17, 15) is 23.7 Å². The first kappa shape index (κ1) is 18.3. The lowest BCUT2D eigenvalue weighted by molar-refractivity contribution is -0.384. The van der Waals surface area contributed by atoms with Crippen LogP contribution in [0.15, 0.2) is 34.8 Å². The zero-order valence-electron chi connectivity index (χ0n) is 11.9. The topological polar surface area (TPSA) is 72.2 Å². The number of nitrogens with one attached hydrogen (secondary N) is 1. The lowest BCUT2D eigenvalue weighted by Gasteiger charge is -2.20.